The highest BCUT2D eigenvalue weighted by Crippen LogP contribution is 2.42. The van der Waals surface area contributed by atoms with E-state index in [4.69, 9.17) is 69.6 Å². The van der Waals surface area contributed by atoms with Gasteiger partial charge in [0.2, 0.25) is 5.91 Å². The molecule has 3 aromatic carbocycles. The number of amides is 2. The summed E-state index contributed by atoms with van der Waals surface area (Å²) in [4.78, 5) is 37.8. The molecule has 0 saturated heterocycles. The lowest BCUT2D eigenvalue weighted by atomic mass is 10.1. The van der Waals surface area contributed by atoms with Crippen LogP contribution in [-0.4, -0.2) is 28.1 Å². The molecule has 0 saturated carbocycles. The topological polar surface area (TPSA) is 95.5 Å². The van der Waals surface area contributed by atoms with E-state index in [1.165, 1.54) is 11.8 Å². The highest BCUT2D eigenvalue weighted by atomic mass is 35.5. The van der Waals surface area contributed by atoms with Crippen molar-refractivity contribution < 1.29 is 19.5 Å². The van der Waals surface area contributed by atoms with Gasteiger partial charge in [-0.1, -0.05) is 69.6 Å². The fourth-order valence-electron chi connectivity index (χ4n) is 2.93. The quantitative estimate of drug-likeness (QED) is 0.139. The van der Waals surface area contributed by atoms with Crippen molar-refractivity contribution in [1.29, 1.82) is 0 Å². The molecule has 3 rings (SSSR count). The SMILES string of the molecule is CC(Sc1ccc(NC(=O)c2c(Cl)c(Cl)c(Cl)c(Cl)c2C(=O)O)cc1)C(=O)Nc1ccc(Cl)c(Cl)c1. The molecule has 188 valence electrons. The number of carboxylic acid groups (broad SMARTS) is 1. The highest BCUT2D eigenvalue weighted by molar-refractivity contribution is 8.00. The molecule has 0 aliphatic carbocycles. The lowest BCUT2D eigenvalue weighted by Gasteiger charge is -2.15. The van der Waals surface area contributed by atoms with Crippen LogP contribution in [0.5, 0.6) is 0 Å². The molecule has 0 aliphatic rings. The number of nitrogens with one attached hydrogen (secondary N) is 2. The van der Waals surface area contributed by atoms with Crippen LogP contribution in [0.25, 0.3) is 0 Å². The molecule has 1 atom stereocenters. The fraction of sp³-hybridized carbons (Fsp3) is 0.0870. The van der Waals surface area contributed by atoms with Crippen molar-refractivity contribution in [1.82, 2.24) is 0 Å². The van der Waals surface area contributed by atoms with Crippen LogP contribution >= 0.6 is 81.4 Å². The van der Waals surface area contributed by atoms with Gasteiger partial charge in [0.25, 0.3) is 5.91 Å². The van der Waals surface area contributed by atoms with E-state index in [0.29, 0.717) is 21.4 Å². The molecule has 0 aliphatic heterocycles. The van der Waals surface area contributed by atoms with Crippen LogP contribution in [0.3, 0.4) is 0 Å². The second-order valence-corrected chi connectivity index (χ2v) is 10.9. The Kier molecular flexibility index (Phi) is 9.68. The first kappa shape index (κ1) is 28.7. The molecule has 3 N–H and O–H groups in total. The molecule has 3 aromatic rings. The van der Waals surface area contributed by atoms with E-state index >= 15 is 0 Å². The predicted molar refractivity (Wildman–Crippen MR) is 148 cm³/mol. The van der Waals surface area contributed by atoms with E-state index in [9.17, 15) is 19.5 Å². The first-order valence-electron chi connectivity index (χ1n) is 9.84. The predicted octanol–water partition coefficient (Wildman–Crippen LogP) is 8.68. The molecule has 36 heavy (non-hydrogen) atoms. The Labute approximate surface area is 240 Å². The first-order chi connectivity index (χ1) is 16.9. The zero-order valence-electron chi connectivity index (χ0n) is 18.0. The molecule has 0 fully saturated rings. The summed E-state index contributed by atoms with van der Waals surface area (Å²) in [5.74, 6) is -2.58. The summed E-state index contributed by atoms with van der Waals surface area (Å²) in [5, 5.41) is 13.8. The van der Waals surface area contributed by atoms with Crippen molar-refractivity contribution in [2.45, 2.75) is 17.1 Å². The van der Waals surface area contributed by atoms with Crippen molar-refractivity contribution in [3.05, 3.63) is 83.7 Å². The zero-order chi connectivity index (χ0) is 26.7. The van der Waals surface area contributed by atoms with Gasteiger partial charge in [-0.25, -0.2) is 4.79 Å². The number of hydrogen-bond donors (Lipinski definition) is 3. The maximum atomic E-state index is 12.9. The number of carbonyl (C=O) groups is 3. The number of thioether (sulfide) groups is 1. The fourth-order valence-corrected chi connectivity index (χ4v) is 5.12. The van der Waals surface area contributed by atoms with Gasteiger partial charge in [-0.2, -0.15) is 0 Å². The van der Waals surface area contributed by atoms with E-state index < -0.39 is 33.3 Å². The lowest BCUT2D eigenvalue weighted by Crippen LogP contribution is -2.22. The van der Waals surface area contributed by atoms with E-state index in [-0.39, 0.29) is 21.0 Å². The summed E-state index contributed by atoms with van der Waals surface area (Å²) in [6, 6.07) is 11.3. The van der Waals surface area contributed by atoms with Crippen molar-refractivity contribution in [3.8, 4) is 0 Å². The Morgan fingerprint density at radius 1 is 0.750 bits per heavy atom. The molecule has 0 bridgehead atoms. The summed E-state index contributed by atoms with van der Waals surface area (Å²) in [7, 11) is 0. The Hall–Kier alpha value is -1.84. The van der Waals surface area contributed by atoms with Gasteiger partial charge in [0, 0.05) is 16.3 Å². The molecule has 0 heterocycles. The number of halogens is 6. The van der Waals surface area contributed by atoms with Crippen LogP contribution < -0.4 is 10.6 Å². The maximum Gasteiger partial charge on any atom is 0.338 e. The number of carbonyl (C=O) groups excluding carboxylic acids is 2. The Morgan fingerprint density at radius 3 is 1.86 bits per heavy atom. The number of hydrogen-bond acceptors (Lipinski definition) is 4. The van der Waals surface area contributed by atoms with Crippen LogP contribution in [-0.2, 0) is 4.79 Å². The molecule has 6 nitrogen and oxygen atoms in total. The van der Waals surface area contributed by atoms with E-state index in [1.807, 2.05) is 0 Å². The number of benzene rings is 3. The molecule has 13 heteroatoms. The number of aromatic carboxylic acids is 1. The second kappa shape index (κ2) is 12.1. The van der Waals surface area contributed by atoms with Gasteiger partial charge in [0.05, 0.1) is 46.5 Å². The summed E-state index contributed by atoms with van der Waals surface area (Å²) in [6.45, 7) is 1.73. The largest absolute Gasteiger partial charge is 0.478 e. The number of rotatable bonds is 7. The average Bonchev–Trinajstić information content (AvgIpc) is 2.83. The monoisotopic (exact) mass is 624 g/mol. The minimum Gasteiger partial charge on any atom is -0.478 e. The van der Waals surface area contributed by atoms with Gasteiger partial charge >= 0.3 is 5.97 Å². The molecular formula is C23H14Cl6N2O4S. The Balaban J connectivity index is 1.71. The summed E-state index contributed by atoms with van der Waals surface area (Å²) < 4.78 is 0. The Morgan fingerprint density at radius 2 is 1.31 bits per heavy atom. The number of anilines is 2. The van der Waals surface area contributed by atoms with Crippen LogP contribution in [0.1, 0.15) is 27.6 Å². The standard InChI is InChI=1S/C23H14Cl6N2O4S/c1-9(21(32)31-11-4-7-13(24)14(25)8-11)36-12-5-2-10(3-6-12)30-22(33)15-16(23(34)35)18(27)20(29)19(28)17(15)26/h2-9H,1H3,(H,30,33)(H,31,32)(H,34,35). The minimum atomic E-state index is -1.49. The van der Waals surface area contributed by atoms with E-state index in [0.717, 1.165) is 4.90 Å². The first-order valence-corrected chi connectivity index (χ1v) is 13.0. The molecule has 2 amide bonds. The average molecular weight is 627 g/mol. The summed E-state index contributed by atoms with van der Waals surface area (Å²) in [5.41, 5.74) is -0.134. The third kappa shape index (κ3) is 6.53. The Bertz CT molecular complexity index is 1370. The summed E-state index contributed by atoms with van der Waals surface area (Å²) >= 11 is 37.2. The molecule has 0 spiro atoms. The minimum absolute atomic E-state index is 0.238. The normalized spacial score (nSPS) is 11.6. The molecular weight excluding hydrogens is 613 g/mol. The third-order valence-electron chi connectivity index (χ3n) is 4.69. The highest BCUT2D eigenvalue weighted by Gasteiger charge is 2.29. The van der Waals surface area contributed by atoms with Gasteiger partial charge in [-0.05, 0) is 49.4 Å². The molecule has 0 radical (unpaired) electrons. The van der Waals surface area contributed by atoms with Gasteiger partial charge in [-0.15, -0.1) is 11.8 Å². The lowest BCUT2D eigenvalue weighted by molar-refractivity contribution is -0.115. The van der Waals surface area contributed by atoms with Crippen LogP contribution in [0.4, 0.5) is 11.4 Å². The molecule has 1 unspecified atom stereocenters. The second-order valence-electron chi connectivity index (χ2n) is 7.17. The molecule has 0 aromatic heterocycles. The van der Waals surface area contributed by atoms with Crippen LogP contribution in [0, 0.1) is 0 Å². The van der Waals surface area contributed by atoms with Crippen molar-refractivity contribution in [3.63, 3.8) is 0 Å². The van der Waals surface area contributed by atoms with Gasteiger partial charge in [0.1, 0.15) is 0 Å². The van der Waals surface area contributed by atoms with Crippen molar-refractivity contribution in [2.75, 3.05) is 10.6 Å². The van der Waals surface area contributed by atoms with E-state index in [1.54, 1.807) is 49.4 Å². The van der Waals surface area contributed by atoms with Gasteiger partial charge in [-0.3, -0.25) is 9.59 Å². The van der Waals surface area contributed by atoms with Crippen molar-refractivity contribution >= 4 is 111 Å². The number of carboxylic acids is 1. The van der Waals surface area contributed by atoms with Crippen LogP contribution in [0.2, 0.25) is 30.1 Å². The van der Waals surface area contributed by atoms with Crippen LogP contribution in [0.15, 0.2) is 47.4 Å². The summed E-state index contributed by atoms with van der Waals surface area (Å²) in [6.07, 6.45) is 0. The third-order valence-corrected chi connectivity index (χ3v) is 8.34. The van der Waals surface area contributed by atoms with Gasteiger partial charge in [0.15, 0.2) is 0 Å². The zero-order valence-corrected chi connectivity index (χ0v) is 23.3. The maximum absolute atomic E-state index is 12.9. The van der Waals surface area contributed by atoms with Crippen molar-refractivity contribution in [2.24, 2.45) is 0 Å². The van der Waals surface area contributed by atoms with Gasteiger partial charge < -0.3 is 15.7 Å². The van der Waals surface area contributed by atoms with E-state index in [2.05, 4.69) is 10.6 Å². The smallest absolute Gasteiger partial charge is 0.338 e.